The summed E-state index contributed by atoms with van der Waals surface area (Å²) in [5, 5.41) is 3.46. The van der Waals surface area contributed by atoms with E-state index in [4.69, 9.17) is 0 Å². The second-order valence-electron chi connectivity index (χ2n) is 5.04. The Kier molecular flexibility index (Phi) is 4.57. The van der Waals surface area contributed by atoms with Crippen LogP contribution in [0.5, 0.6) is 0 Å². The van der Waals surface area contributed by atoms with Crippen LogP contribution in [-0.2, 0) is 0 Å². The van der Waals surface area contributed by atoms with Gasteiger partial charge in [-0.2, -0.15) is 0 Å². The van der Waals surface area contributed by atoms with Crippen molar-refractivity contribution >= 4 is 0 Å². The quantitative estimate of drug-likeness (QED) is 0.839. The Morgan fingerprint density at radius 3 is 2.82 bits per heavy atom. The first-order chi connectivity index (χ1) is 8.31. The van der Waals surface area contributed by atoms with Crippen molar-refractivity contribution in [2.75, 3.05) is 26.2 Å². The Bertz CT molecular complexity index is 323. The molecule has 1 aromatic rings. The predicted molar refractivity (Wildman–Crippen MR) is 73.1 cm³/mol. The number of rotatable bonds is 5. The first-order valence-corrected chi connectivity index (χ1v) is 6.81. The first-order valence-electron chi connectivity index (χ1n) is 6.81. The van der Waals surface area contributed by atoms with E-state index < -0.39 is 0 Å². The molecule has 1 N–H and O–H groups in total. The maximum Gasteiger partial charge on any atom is 0.0320 e. The fourth-order valence-corrected chi connectivity index (χ4v) is 2.67. The molecule has 17 heavy (non-hydrogen) atoms. The lowest BCUT2D eigenvalue weighted by molar-refractivity contribution is 0.252. The van der Waals surface area contributed by atoms with Crippen molar-refractivity contribution in [1.82, 2.24) is 10.2 Å². The van der Waals surface area contributed by atoms with Crippen LogP contribution in [-0.4, -0.2) is 31.1 Å². The summed E-state index contributed by atoms with van der Waals surface area (Å²) in [6.45, 7) is 9.25. The molecule has 0 saturated carbocycles. The molecule has 0 bridgehead atoms. The number of benzene rings is 1. The molecule has 0 aromatic heterocycles. The largest absolute Gasteiger partial charge is 0.317 e. The third kappa shape index (κ3) is 3.30. The molecule has 1 fully saturated rings. The van der Waals surface area contributed by atoms with Gasteiger partial charge in [-0.1, -0.05) is 37.3 Å². The summed E-state index contributed by atoms with van der Waals surface area (Å²) in [5.74, 6) is 0.834. The summed E-state index contributed by atoms with van der Waals surface area (Å²) in [6.07, 6.45) is 1.34. The standard InChI is InChI=1S/C15H24N2/c1-3-16-11-14-9-10-17(12-14)13(2)15-7-5-4-6-8-15/h4-8,13-14,16H,3,9-12H2,1-2H3/t13-,14-/m0/s1. The van der Waals surface area contributed by atoms with Crippen LogP contribution >= 0.6 is 0 Å². The van der Waals surface area contributed by atoms with Gasteiger partial charge >= 0.3 is 0 Å². The van der Waals surface area contributed by atoms with Gasteiger partial charge in [0.25, 0.3) is 0 Å². The summed E-state index contributed by atoms with van der Waals surface area (Å²) in [4.78, 5) is 2.61. The summed E-state index contributed by atoms with van der Waals surface area (Å²) in [6, 6.07) is 11.4. The zero-order valence-corrected chi connectivity index (χ0v) is 11.0. The molecule has 0 radical (unpaired) electrons. The summed E-state index contributed by atoms with van der Waals surface area (Å²) in [5.41, 5.74) is 1.44. The van der Waals surface area contributed by atoms with Gasteiger partial charge in [-0.05, 0) is 44.5 Å². The second-order valence-corrected chi connectivity index (χ2v) is 5.04. The minimum Gasteiger partial charge on any atom is -0.317 e. The van der Waals surface area contributed by atoms with E-state index in [9.17, 15) is 0 Å². The van der Waals surface area contributed by atoms with E-state index in [1.54, 1.807) is 0 Å². The van der Waals surface area contributed by atoms with Crippen molar-refractivity contribution in [3.63, 3.8) is 0 Å². The average molecular weight is 232 g/mol. The smallest absolute Gasteiger partial charge is 0.0320 e. The van der Waals surface area contributed by atoms with Crippen LogP contribution in [0, 0.1) is 5.92 Å². The van der Waals surface area contributed by atoms with Crippen LogP contribution in [0.4, 0.5) is 0 Å². The minimum atomic E-state index is 0.558. The number of likely N-dealkylation sites (tertiary alicyclic amines) is 1. The lowest BCUT2D eigenvalue weighted by Gasteiger charge is -2.24. The average Bonchev–Trinajstić information content (AvgIpc) is 2.85. The SMILES string of the molecule is CCNC[C@@H]1CCN([C@@H](C)c2ccccc2)C1. The topological polar surface area (TPSA) is 15.3 Å². The molecular weight excluding hydrogens is 208 g/mol. The molecular formula is C15H24N2. The monoisotopic (exact) mass is 232 g/mol. The van der Waals surface area contributed by atoms with Crippen LogP contribution in [0.1, 0.15) is 31.9 Å². The van der Waals surface area contributed by atoms with Crippen LogP contribution in [0.2, 0.25) is 0 Å². The van der Waals surface area contributed by atoms with Gasteiger partial charge in [0, 0.05) is 12.6 Å². The molecule has 1 aromatic carbocycles. The van der Waals surface area contributed by atoms with E-state index in [0.717, 1.165) is 12.5 Å². The highest BCUT2D eigenvalue weighted by molar-refractivity contribution is 5.18. The summed E-state index contributed by atoms with van der Waals surface area (Å²) < 4.78 is 0. The maximum absolute atomic E-state index is 3.46. The molecule has 1 heterocycles. The van der Waals surface area contributed by atoms with Crippen molar-refractivity contribution < 1.29 is 0 Å². The van der Waals surface area contributed by atoms with Gasteiger partial charge in [0.15, 0.2) is 0 Å². The summed E-state index contributed by atoms with van der Waals surface area (Å²) in [7, 11) is 0. The van der Waals surface area contributed by atoms with E-state index in [1.807, 2.05) is 0 Å². The van der Waals surface area contributed by atoms with E-state index >= 15 is 0 Å². The molecule has 2 nitrogen and oxygen atoms in total. The van der Waals surface area contributed by atoms with Crippen LogP contribution in [0.15, 0.2) is 30.3 Å². The first kappa shape index (κ1) is 12.6. The van der Waals surface area contributed by atoms with Gasteiger partial charge in [0.1, 0.15) is 0 Å². The lowest BCUT2D eigenvalue weighted by Crippen LogP contribution is -2.28. The molecule has 0 spiro atoms. The number of hydrogen-bond donors (Lipinski definition) is 1. The predicted octanol–water partition coefficient (Wildman–Crippen LogP) is 2.68. The highest BCUT2D eigenvalue weighted by Gasteiger charge is 2.26. The Morgan fingerprint density at radius 2 is 2.12 bits per heavy atom. The Labute approximate surface area is 105 Å². The molecule has 0 aliphatic carbocycles. The number of nitrogens with one attached hydrogen (secondary N) is 1. The zero-order chi connectivity index (χ0) is 12.1. The lowest BCUT2D eigenvalue weighted by atomic mass is 10.1. The maximum atomic E-state index is 3.46. The Balaban J connectivity index is 1.88. The molecule has 2 atom stereocenters. The van der Waals surface area contributed by atoms with Crippen molar-refractivity contribution in [3.05, 3.63) is 35.9 Å². The van der Waals surface area contributed by atoms with Crippen LogP contribution in [0.3, 0.4) is 0 Å². The van der Waals surface area contributed by atoms with Gasteiger partial charge in [-0.15, -0.1) is 0 Å². The molecule has 1 aliphatic rings. The normalized spacial score (nSPS) is 22.8. The van der Waals surface area contributed by atoms with Crippen molar-refractivity contribution in [2.24, 2.45) is 5.92 Å². The highest BCUT2D eigenvalue weighted by Crippen LogP contribution is 2.26. The van der Waals surface area contributed by atoms with Crippen LogP contribution in [0.25, 0.3) is 0 Å². The van der Waals surface area contributed by atoms with E-state index in [-0.39, 0.29) is 0 Å². The third-order valence-electron chi connectivity index (χ3n) is 3.83. The van der Waals surface area contributed by atoms with Gasteiger partial charge in [-0.3, -0.25) is 4.90 Å². The Morgan fingerprint density at radius 1 is 1.35 bits per heavy atom. The fraction of sp³-hybridized carbons (Fsp3) is 0.600. The van der Waals surface area contributed by atoms with Gasteiger partial charge in [0.05, 0.1) is 0 Å². The van der Waals surface area contributed by atoms with Crippen LogP contribution < -0.4 is 5.32 Å². The van der Waals surface area contributed by atoms with E-state index in [0.29, 0.717) is 6.04 Å². The Hall–Kier alpha value is -0.860. The fourth-order valence-electron chi connectivity index (χ4n) is 2.67. The zero-order valence-electron chi connectivity index (χ0n) is 11.0. The number of nitrogens with zero attached hydrogens (tertiary/aromatic N) is 1. The van der Waals surface area contributed by atoms with Gasteiger partial charge < -0.3 is 5.32 Å². The molecule has 0 amide bonds. The second kappa shape index (κ2) is 6.18. The van der Waals surface area contributed by atoms with Crippen molar-refractivity contribution in [1.29, 1.82) is 0 Å². The highest BCUT2D eigenvalue weighted by atomic mass is 15.2. The third-order valence-corrected chi connectivity index (χ3v) is 3.83. The van der Waals surface area contributed by atoms with Crippen molar-refractivity contribution in [2.45, 2.75) is 26.3 Å². The molecule has 94 valence electrons. The summed E-state index contributed by atoms with van der Waals surface area (Å²) >= 11 is 0. The minimum absolute atomic E-state index is 0.558. The number of hydrogen-bond acceptors (Lipinski definition) is 2. The van der Waals surface area contributed by atoms with Crippen molar-refractivity contribution in [3.8, 4) is 0 Å². The molecule has 1 aliphatic heterocycles. The molecule has 2 heteroatoms. The van der Waals surface area contributed by atoms with Gasteiger partial charge in [-0.25, -0.2) is 0 Å². The van der Waals surface area contributed by atoms with E-state index in [1.165, 1.54) is 31.6 Å². The van der Waals surface area contributed by atoms with Gasteiger partial charge in [0.2, 0.25) is 0 Å². The van der Waals surface area contributed by atoms with E-state index in [2.05, 4.69) is 54.4 Å². The molecule has 1 saturated heterocycles. The molecule has 2 rings (SSSR count). The molecule has 0 unspecified atom stereocenters.